The summed E-state index contributed by atoms with van der Waals surface area (Å²) in [5.74, 6) is 0. The number of rotatable bonds is 5. The van der Waals surface area contributed by atoms with E-state index in [0.717, 1.165) is 30.4 Å². The van der Waals surface area contributed by atoms with Crippen molar-refractivity contribution in [1.82, 2.24) is 4.89 Å². The number of fused-ring (bicyclic) bond motifs is 1. The van der Waals surface area contributed by atoms with E-state index >= 15 is 0 Å². The van der Waals surface area contributed by atoms with Crippen LogP contribution in [-0.2, 0) is 34.3 Å². The maximum absolute atomic E-state index is 12.2. The van der Waals surface area contributed by atoms with E-state index < -0.39 is 10.0 Å². The van der Waals surface area contributed by atoms with Crippen LogP contribution in [0.3, 0.4) is 0 Å². The van der Waals surface area contributed by atoms with Gasteiger partial charge >= 0.3 is 0 Å². The zero-order chi connectivity index (χ0) is 14.7. The third kappa shape index (κ3) is 3.32. The Kier molecular flexibility index (Phi) is 4.05. The Hall–Kier alpha value is -1.69. The quantitative estimate of drug-likeness (QED) is 0.864. The van der Waals surface area contributed by atoms with Gasteiger partial charge in [0.1, 0.15) is 0 Å². The zero-order valence-corrected chi connectivity index (χ0v) is 12.4. The van der Waals surface area contributed by atoms with Crippen LogP contribution < -0.4 is 4.89 Å². The highest BCUT2D eigenvalue weighted by Crippen LogP contribution is 2.24. The fourth-order valence-corrected chi connectivity index (χ4v) is 3.38. The van der Waals surface area contributed by atoms with Gasteiger partial charge in [0.15, 0.2) is 0 Å². The summed E-state index contributed by atoms with van der Waals surface area (Å²) in [5, 5.41) is 0. The van der Waals surface area contributed by atoms with Crippen LogP contribution in [0, 0.1) is 0 Å². The maximum Gasteiger partial charge on any atom is 0.262 e. The lowest BCUT2D eigenvalue weighted by Crippen LogP contribution is -2.24. The van der Waals surface area contributed by atoms with Crippen LogP contribution in [0.15, 0.2) is 53.4 Å². The molecule has 0 amide bonds. The summed E-state index contributed by atoms with van der Waals surface area (Å²) in [6.45, 7) is 0.199. The molecule has 0 heterocycles. The van der Waals surface area contributed by atoms with Gasteiger partial charge < -0.3 is 0 Å². The second-order valence-corrected chi connectivity index (χ2v) is 6.79. The Morgan fingerprint density at radius 2 is 1.76 bits per heavy atom. The van der Waals surface area contributed by atoms with Crippen molar-refractivity contribution in [2.75, 3.05) is 0 Å². The van der Waals surface area contributed by atoms with Crippen molar-refractivity contribution >= 4 is 10.0 Å². The Labute approximate surface area is 124 Å². The fraction of sp³-hybridized carbons (Fsp3) is 0.250. The number of nitrogens with one attached hydrogen (secondary N) is 1. The number of hydrogen-bond donors (Lipinski definition) is 1. The van der Waals surface area contributed by atoms with E-state index in [4.69, 9.17) is 4.84 Å². The molecule has 2 aromatic carbocycles. The van der Waals surface area contributed by atoms with Gasteiger partial charge in [-0.15, -0.1) is 0 Å². The van der Waals surface area contributed by atoms with E-state index in [1.54, 1.807) is 12.1 Å². The SMILES string of the molecule is O=S(=O)(NOCc1ccccc1)c1ccc2c(c1)CCC2. The van der Waals surface area contributed by atoms with E-state index in [1.807, 2.05) is 36.4 Å². The summed E-state index contributed by atoms with van der Waals surface area (Å²) in [5.41, 5.74) is 3.29. The average molecular weight is 303 g/mol. The smallest absolute Gasteiger partial charge is 0.262 e. The molecule has 5 heteroatoms. The Morgan fingerprint density at radius 1 is 1.00 bits per heavy atom. The first-order valence-corrected chi connectivity index (χ1v) is 8.43. The minimum atomic E-state index is -3.62. The maximum atomic E-state index is 12.2. The summed E-state index contributed by atoms with van der Waals surface area (Å²) in [6, 6.07) is 14.7. The second-order valence-electron chi connectivity index (χ2n) is 5.15. The second kappa shape index (κ2) is 5.97. The molecule has 110 valence electrons. The molecule has 0 unspecified atom stereocenters. The third-order valence-corrected chi connectivity index (χ3v) is 4.84. The van der Waals surface area contributed by atoms with Gasteiger partial charge in [0, 0.05) is 0 Å². The molecule has 3 rings (SSSR count). The van der Waals surface area contributed by atoms with Gasteiger partial charge in [-0.2, -0.15) is 0 Å². The molecule has 1 aliphatic carbocycles. The van der Waals surface area contributed by atoms with Gasteiger partial charge in [-0.1, -0.05) is 41.3 Å². The summed E-state index contributed by atoms with van der Waals surface area (Å²) in [4.78, 5) is 7.57. The summed E-state index contributed by atoms with van der Waals surface area (Å²) < 4.78 is 24.4. The highest BCUT2D eigenvalue weighted by molar-refractivity contribution is 7.89. The highest BCUT2D eigenvalue weighted by atomic mass is 32.2. The molecule has 4 nitrogen and oxygen atoms in total. The lowest BCUT2D eigenvalue weighted by Gasteiger charge is -2.09. The van der Waals surface area contributed by atoms with Crippen molar-refractivity contribution in [3.8, 4) is 0 Å². The van der Waals surface area contributed by atoms with Gasteiger partial charge in [-0.05, 0) is 48.1 Å². The zero-order valence-electron chi connectivity index (χ0n) is 11.6. The van der Waals surface area contributed by atoms with Crippen molar-refractivity contribution in [2.24, 2.45) is 0 Å². The Morgan fingerprint density at radius 3 is 2.57 bits per heavy atom. The van der Waals surface area contributed by atoms with E-state index in [9.17, 15) is 8.42 Å². The van der Waals surface area contributed by atoms with Gasteiger partial charge in [0.25, 0.3) is 10.0 Å². The van der Waals surface area contributed by atoms with Crippen molar-refractivity contribution in [3.05, 3.63) is 65.2 Å². The standard InChI is InChI=1S/C16H17NO3S/c18-21(19,17-20-12-13-5-2-1-3-6-13)16-10-9-14-7-4-8-15(14)11-16/h1-3,5-6,9-11,17H,4,7-8,12H2. The molecule has 1 aliphatic rings. The van der Waals surface area contributed by atoms with Crippen LogP contribution in [0.5, 0.6) is 0 Å². The van der Waals surface area contributed by atoms with Crippen molar-refractivity contribution in [1.29, 1.82) is 0 Å². The van der Waals surface area contributed by atoms with E-state index in [0.29, 0.717) is 0 Å². The van der Waals surface area contributed by atoms with Gasteiger partial charge in [0.2, 0.25) is 0 Å². The van der Waals surface area contributed by atoms with Crippen LogP contribution >= 0.6 is 0 Å². The first kappa shape index (κ1) is 14.3. The molecule has 0 radical (unpaired) electrons. The lowest BCUT2D eigenvalue weighted by atomic mass is 10.1. The minimum absolute atomic E-state index is 0.199. The molecule has 0 aliphatic heterocycles. The molecular formula is C16H17NO3S. The molecule has 0 spiro atoms. The number of sulfonamides is 1. The van der Waals surface area contributed by atoms with Gasteiger partial charge in [-0.3, -0.25) is 4.84 Å². The summed E-state index contributed by atoms with van der Waals surface area (Å²) in [6.07, 6.45) is 3.08. The number of aryl methyl sites for hydroxylation is 2. The van der Waals surface area contributed by atoms with Crippen molar-refractivity contribution in [3.63, 3.8) is 0 Å². The molecule has 21 heavy (non-hydrogen) atoms. The van der Waals surface area contributed by atoms with Crippen molar-refractivity contribution in [2.45, 2.75) is 30.8 Å². The molecule has 2 aromatic rings. The largest absolute Gasteiger partial charge is 0.282 e. The predicted octanol–water partition coefficient (Wildman–Crippen LogP) is 2.59. The first-order valence-electron chi connectivity index (χ1n) is 6.94. The Bertz CT molecular complexity index is 726. The van der Waals surface area contributed by atoms with E-state index in [2.05, 4.69) is 4.89 Å². The molecule has 1 N–H and O–H groups in total. The average Bonchev–Trinajstić information content (AvgIpc) is 2.95. The molecule has 0 atom stereocenters. The fourth-order valence-electron chi connectivity index (χ4n) is 2.53. The van der Waals surface area contributed by atoms with Crippen molar-refractivity contribution < 1.29 is 13.3 Å². The van der Waals surface area contributed by atoms with Crippen LogP contribution in [0.2, 0.25) is 0 Å². The number of benzene rings is 2. The minimum Gasteiger partial charge on any atom is -0.282 e. The van der Waals surface area contributed by atoms with Crippen LogP contribution in [-0.4, -0.2) is 8.42 Å². The molecule has 0 saturated carbocycles. The van der Waals surface area contributed by atoms with Crippen LogP contribution in [0.1, 0.15) is 23.1 Å². The third-order valence-electron chi connectivity index (χ3n) is 3.63. The van der Waals surface area contributed by atoms with E-state index in [1.165, 1.54) is 5.56 Å². The lowest BCUT2D eigenvalue weighted by molar-refractivity contribution is 0.0795. The predicted molar refractivity (Wildman–Crippen MR) is 80.0 cm³/mol. The van der Waals surface area contributed by atoms with Gasteiger partial charge in [-0.25, -0.2) is 8.42 Å². The normalized spacial score (nSPS) is 14.1. The molecule has 0 fully saturated rings. The Balaban J connectivity index is 1.67. The monoisotopic (exact) mass is 303 g/mol. The van der Waals surface area contributed by atoms with Gasteiger partial charge in [0.05, 0.1) is 11.5 Å². The topological polar surface area (TPSA) is 55.4 Å². The van der Waals surface area contributed by atoms with Crippen LogP contribution in [0.25, 0.3) is 0 Å². The number of hydrogen-bond acceptors (Lipinski definition) is 3. The van der Waals surface area contributed by atoms with E-state index in [-0.39, 0.29) is 11.5 Å². The molecular weight excluding hydrogens is 286 g/mol. The van der Waals surface area contributed by atoms with Crippen LogP contribution in [0.4, 0.5) is 0 Å². The first-order chi connectivity index (χ1) is 10.1. The summed E-state index contributed by atoms with van der Waals surface area (Å²) >= 11 is 0. The summed E-state index contributed by atoms with van der Waals surface area (Å²) in [7, 11) is -3.62. The molecule has 0 saturated heterocycles. The molecule has 0 aromatic heterocycles. The molecule has 0 bridgehead atoms. The highest BCUT2D eigenvalue weighted by Gasteiger charge is 2.18.